The van der Waals surface area contributed by atoms with Crippen LogP contribution in [0.1, 0.15) is 25.5 Å². The summed E-state index contributed by atoms with van der Waals surface area (Å²) in [5.74, 6) is -0.513. The monoisotopic (exact) mass is 338 g/mol. The van der Waals surface area contributed by atoms with Gasteiger partial charge >= 0.3 is 64.3 Å². The maximum absolute atomic E-state index is 13.2. The van der Waals surface area contributed by atoms with Crippen molar-refractivity contribution in [2.24, 2.45) is 0 Å². The molecule has 3 nitrogen and oxygen atoms in total. The third-order valence-corrected chi connectivity index (χ3v) is 3.13. The van der Waals surface area contributed by atoms with Crippen molar-refractivity contribution < 1.29 is 78.3 Å². The number of halogens is 3. The number of esters is 1. The summed E-state index contributed by atoms with van der Waals surface area (Å²) in [6.45, 7) is -3.21. The summed E-state index contributed by atoms with van der Waals surface area (Å²) in [5, 5.41) is 0.0798. The Hall–Kier alpha value is -0.279. The topological polar surface area (TPSA) is 39.4 Å². The Morgan fingerprint density at radius 3 is 2.59 bits per heavy atom. The zero-order valence-electron chi connectivity index (χ0n) is 12.6. The Balaban J connectivity index is 0.00000242. The molecule has 0 saturated heterocycles. The van der Waals surface area contributed by atoms with Crippen LogP contribution in [0, 0.1) is 0 Å². The molecule has 22 heavy (non-hydrogen) atoms. The second-order valence-electron chi connectivity index (χ2n) is 4.67. The molecular weight excluding hydrogens is 323 g/mol. The first-order valence-corrected chi connectivity index (χ1v) is 6.79. The van der Waals surface area contributed by atoms with Gasteiger partial charge in [0.25, 0.3) is 0 Å². The van der Waals surface area contributed by atoms with E-state index in [9.17, 15) is 17.7 Å². The van der Waals surface area contributed by atoms with Gasteiger partial charge in [-0.2, -0.15) is 0 Å². The van der Waals surface area contributed by atoms with Crippen molar-refractivity contribution in [1.82, 2.24) is 0 Å². The third kappa shape index (κ3) is 4.86. The standard InChI is InChI=1S/C14H15BF3O3.K/c1-2-20-13(19)9-5-8-12-14(15(16,17)18)10-6-3-4-7-11(10)21-12;/h3-4,6-7H,2,5,8-9H2,1H3;/q-1;+1. The molecule has 0 spiro atoms. The van der Waals surface area contributed by atoms with Gasteiger partial charge in [0.05, 0.1) is 12.4 Å². The second kappa shape index (κ2) is 8.54. The van der Waals surface area contributed by atoms with Gasteiger partial charge in [0.2, 0.25) is 0 Å². The van der Waals surface area contributed by atoms with E-state index in [-0.39, 0.29) is 94.0 Å². The van der Waals surface area contributed by atoms with Crippen LogP contribution in [0.4, 0.5) is 12.9 Å². The first-order valence-electron chi connectivity index (χ1n) is 6.79. The number of carbonyl (C=O) groups is 1. The molecule has 0 atom stereocenters. The van der Waals surface area contributed by atoms with Crippen LogP contribution in [0.15, 0.2) is 28.7 Å². The van der Waals surface area contributed by atoms with Gasteiger partial charge in [-0.15, -0.1) is 0 Å². The molecule has 1 heterocycles. The summed E-state index contributed by atoms with van der Waals surface area (Å²) in [6, 6.07) is 6.08. The first kappa shape index (κ1) is 19.8. The molecule has 0 aliphatic heterocycles. The SMILES string of the molecule is CCOC(=O)CCCc1oc2ccccc2c1[B-](F)(F)F.[K+]. The van der Waals surface area contributed by atoms with Crippen molar-refractivity contribution in [2.75, 3.05) is 6.61 Å². The van der Waals surface area contributed by atoms with E-state index in [1.807, 2.05) is 0 Å². The van der Waals surface area contributed by atoms with Crippen molar-refractivity contribution in [3.63, 3.8) is 0 Å². The maximum atomic E-state index is 13.2. The van der Waals surface area contributed by atoms with E-state index in [0.717, 1.165) is 0 Å². The average Bonchev–Trinajstić information content (AvgIpc) is 2.77. The van der Waals surface area contributed by atoms with Gasteiger partial charge < -0.3 is 22.1 Å². The van der Waals surface area contributed by atoms with Crippen LogP contribution >= 0.6 is 0 Å². The predicted molar refractivity (Wildman–Crippen MR) is 74.5 cm³/mol. The molecule has 2 rings (SSSR count). The number of fused-ring (bicyclic) bond motifs is 1. The number of ether oxygens (including phenoxy) is 1. The van der Waals surface area contributed by atoms with Crippen LogP contribution in [0.3, 0.4) is 0 Å². The molecule has 0 radical (unpaired) electrons. The number of hydrogen-bond donors (Lipinski definition) is 0. The van der Waals surface area contributed by atoms with Crippen LogP contribution in [0.5, 0.6) is 0 Å². The van der Waals surface area contributed by atoms with Gasteiger partial charge in [-0.25, -0.2) is 0 Å². The molecule has 1 aromatic heterocycles. The van der Waals surface area contributed by atoms with Gasteiger partial charge in [-0.3, -0.25) is 4.79 Å². The molecule has 0 bridgehead atoms. The van der Waals surface area contributed by atoms with Gasteiger partial charge in [-0.05, 0) is 24.8 Å². The van der Waals surface area contributed by atoms with Crippen LogP contribution in [-0.4, -0.2) is 19.6 Å². The number of hydrogen-bond acceptors (Lipinski definition) is 3. The summed E-state index contributed by atoms with van der Waals surface area (Å²) >= 11 is 0. The fourth-order valence-corrected chi connectivity index (χ4v) is 2.29. The van der Waals surface area contributed by atoms with Crippen molar-refractivity contribution in [3.05, 3.63) is 30.0 Å². The van der Waals surface area contributed by atoms with Crippen molar-refractivity contribution in [3.8, 4) is 0 Å². The van der Waals surface area contributed by atoms with Crippen molar-refractivity contribution >= 4 is 29.4 Å². The van der Waals surface area contributed by atoms with Crippen LogP contribution < -0.4 is 56.8 Å². The Morgan fingerprint density at radius 1 is 1.27 bits per heavy atom. The molecule has 0 unspecified atom stereocenters. The summed E-state index contributed by atoms with van der Waals surface area (Å²) in [4.78, 5) is 11.2. The van der Waals surface area contributed by atoms with Gasteiger partial charge in [0.1, 0.15) is 5.58 Å². The second-order valence-corrected chi connectivity index (χ2v) is 4.67. The number of para-hydroxylation sites is 1. The van der Waals surface area contributed by atoms with Crippen molar-refractivity contribution in [1.29, 1.82) is 0 Å². The Kier molecular flexibility index (Phi) is 7.67. The molecule has 0 N–H and O–H groups in total. The molecule has 8 heteroatoms. The molecule has 114 valence electrons. The third-order valence-electron chi connectivity index (χ3n) is 3.13. The van der Waals surface area contributed by atoms with Crippen LogP contribution in [0.25, 0.3) is 11.0 Å². The molecule has 0 aliphatic rings. The zero-order valence-corrected chi connectivity index (χ0v) is 15.7. The van der Waals surface area contributed by atoms with E-state index in [2.05, 4.69) is 0 Å². The summed E-state index contributed by atoms with van der Waals surface area (Å²) in [5.41, 5.74) is -0.465. The Labute approximate surface area is 169 Å². The number of aryl methyl sites for hydroxylation is 1. The van der Waals surface area contributed by atoms with Crippen molar-refractivity contribution in [2.45, 2.75) is 26.2 Å². The molecule has 0 fully saturated rings. The number of furan rings is 1. The molecule has 0 amide bonds. The summed E-state index contributed by atoms with van der Waals surface area (Å²) in [6.07, 6.45) is 0.400. The van der Waals surface area contributed by atoms with E-state index in [4.69, 9.17) is 9.15 Å². The Bertz CT molecular complexity index is 640. The van der Waals surface area contributed by atoms with Gasteiger partial charge in [0, 0.05) is 12.8 Å². The molecule has 0 saturated carbocycles. The quantitative estimate of drug-likeness (QED) is 0.565. The minimum absolute atomic E-state index is 0. The smallest absolute Gasteiger partial charge is 0.466 e. The number of carbonyl (C=O) groups excluding carboxylic acids is 1. The van der Waals surface area contributed by atoms with E-state index >= 15 is 0 Å². The molecule has 2 aromatic rings. The van der Waals surface area contributed by atoms with Crippen LogP contribution in [-0.2, 0) is 16.0 Å². The number of rotatable bonds is 6. The minimum Gasteiger partial charge on any atom is -0.466 e. The predicted octanol–water partition coefficient (Wildman–Crippen LogP) is 0.377. The summed E-state index contributed by atoms with van der Waals surface area (Å²) in [7, 11) is 0. The van der Waals surface area contributed by atoms with Gasteiger partial charge in [-0.1, -0.05) is 23.7 Å². The molecule has 0 aliphatic carbocycles. The van der Waals surface area contributed by atoms with E-state index in [1.165, 1.54) is 12.1 Å². The largest absolute Gasteiger partial charge is 1.00 e. The van der Waals surface area contributed by atoms with E-state index in [1.54, 1.807) is 19.1 Å². The van der Waals surface area contributed by atoms with E-state index < -0.39 is 18.4 Å². The number of benzene rings is 1. The zero-order chi connectivity index (χ0) is 15.5. The van der Waals surface area contributed by atoms with Crippen LogP contribution in [0.2, 0.25) is 0 Å². The minimum atomic E-state index is -5.16. The normalized spacial score (nSPS) is 11.3. The maximum Gasteiger partial charge on any atom is 1.00 e. The fourth-order valence-electron chi connectivity index (χ4n) is 2.29. The first-order chi connectivity index (χ1) is 9.93. The average molecular weight is 338 g/mol. The Morgan fingerprint density at radius 2 is 1.95 bits per heavy atom. The molecular formula is C14H15BF3KO3. The molecule has 1 aromatic carbocycles. The van der Waals surface area contributed by atoms with Gasteiger partial charge in [0.15, 0.2) is 0 Å². The summed E-state index contributed by atoms with van der Waals surface area (Å²) < 4.78 is 49.7. The van der Waals surface area contributed by atoms with E-state index in [0.29, 0.717) is 0 Å². The fraction of sp³-hybridized carbons (Fsp3) is 0.357.